The molecular formula is C58H35N3S. The summed E-state index contributed by atoms with van der Waals surface area (Å²) in [4.78, 5) is 18.3. The van der Waals surface area contributed by atoms with E-state index in [2.05, 4.69) is 194 Å². The lowest BCUT2D eigenvalue weighted by atomic mass is 9.67. The Labute approximate surface area is 363 Å². The molecule has 288 valence electrons. The van der Waals surface area contributed by atoms with Crippen LogP contribution in [0.5, 0.6) is 0 Å². The van der Waals surface area contributed by atoms with Crippen LogP contribution >= 0.6 is 11.8 Å². The fraction of sp³-hybridized carbons (Fsp3) is 0.0172. The van der Waals surface area contributed by atoms with Gasteiger partial charge >= 0.3 is 0 Å². The highest BCUT2D eigenvalue weighted by molar-refractivity contribution is 7.99. The Balaban J connectivity index is 0.991. The van der Waals surface area contributed by atoms with E-state index in [4.69, 9.17) is 15.0 Å². The first kappa shape index (κ1) is 35.1. The van der Waals surface area contributed by atoms with E-state index in [0.717, 1.165) is 27.8 Å². The smallest absolute Gasteiger partial charge is 0.164 e. The Morgan fingerprint density at radius 3 is 1.40 bits per heavy atom. The largest absolute Gasteiger partial charge is 0.208 e. The van der Waals surface area contributed by atoms with Gasteiger partial charge in [-0.15, -0.1) is 0 Å². The fourth-order valence-corrected chi connectivity index (χ4v) is 11.4. The zero-order valence-corrected chi connectivity index (χ0v) is 34.3. The highest BCUT2D eigenvalue weighted by atomic mass is 32.2. The van der Waals surface area contributed by atoms with Crippen molar-refractivity contribution in [2.45, 2.75) is 15.2 Å². The van der Waals surface area contributed by atoms with Crippen LogP contribution in [0.4, 0.5) is 0 Å². The van der Waals surface area contributed by atoms with Gasteiger partial charge in [0.25, 0.3) is 0 Å². The van der Waals surface area contributed by atoms with Crippen LogP contribution in [0.3, 0.4) is 0 Å². The van der Waals surface area contributed by atoms with Gasteiger partial charge in [-0.2, -0.15) is 0 Å². The molecule has 11 aromatic rings. The monoisotopic (exact) mass is 805 g/mol. The molecule has 2 aliphatic rings. The minimum Gasteiger partial charge on any atom is -0.208 e. The van der Waals surface area contributed by atoms with Crippen molar-refractivity contribution in [2.75, 3.05) is 0 Å². The molecule has 0 amide bonds. The Morgan fingerprint density at radius 2 is 0.726 bits per heavy atom. The van der Waals surface area contributed by atoms with Gasteiger partial charge in [0.1, 0.15) is 0 Å². The summed E-state index contributed by atoms with van der Waals surface area (Å²) in [6.07, 6.45) is 0. The standard InChI is InChI=1S/C58H35N3S/c1-2-15-36(16-3-1)55-59-56(39-18-14-17-37(33-39)38-29-31-45-43-21-5-4-19-41(43)42-20-6-7-22-44(42)48(45)34-38)61-57(60-55)40-30-32-54-52(35-40)58(51-27-12-13-28-53(51)62-54)49-25-10-8-23-46(49)47-24-9-11-26-50(47)58/h1-35H. The van der Waals surface area contributed by atoms with Gasteiger partial charge < -0.3 is 0 Å². The minimum atomic E-state index is -0.496. The minimum absolute atomic E-state index is 0.496. The topological polar surface area (TPSA) is 38.7 Å². The molecule has 13 rings (SSSR count). The van der Waals surface area contributed by atoms with Gasteiger partial charge in [-0.1, -0.05) is 194 Å². The lowest BCUT2D eigenvalue weighted by molar-refractivity contribution is 0.722. The van der Waals surface area contributed by atoms with E-state index in [9.17, 15) is 0 Å². The summed E-state index contributed by atoms with van der Waals surface area (Å²) in [5.41, 5.74) is 12.3. The van der Waals surface area contributed by atoms with Crippen molar-refractivity contribution in [3.63, 3.8) is 0 Å². The highest BCUT2D eigenvalue weighted by Gasteiger charge is 2.50. The maximum absolute atomic E-state index is 5.33. The quantitative estimate of drug-likeness (QED) is 0.166. The highest BCUT2D eigenvalue weighted by Crippen LogP contribution is 2.62. The van der Waals surface area contributed by atoms with Crippen molar-refractivity contribution in [1.82, 2.24) is 15.0 Å². The zero-order chi connectivity index (χ0) is 40.8. The van der Waals surface area contributed by atoms with Crippen molar-refractivity contribution in [2.24, 2.45) is 0 Å². The lowest BCUT2D eigenvalue weighted by Crippen LogP contribution is -2.32. The second-order valence-corrected chi connectivity index (χ2v) is 17.3. The van der Waals surface area contributed by atoms with Crippen molar-refractivity contribution >= 4 is 44.1 Å². The van der Waals surface area contributed by atoms with E-state index in [1.165, 1.54) is 75.5 Å². The van der Waals surface area contributed by atoms with Crippen LogP contribution in [-0.4, -0.2) is 15.0 Å². The molecule has 0 saturated heterocycles. The predicted octanol–water partition coefficient (Wildman–Crippen LogP) is 14.8. The summed E-state index contributed by atoms with van der Waals surface area (Å²) in [6, 6.07) is 76.8. The van der Waals surface area contributed by atoms with Gasteiger partial charge in [0.15, 0.2) is 17.5 Å². The van der Waals surface area contributed by atoms with E-state index in [1.54, 1.807) is 0 Å². The Bertz CT molecular complexity index is 3550. The number of aromatic nitrogens is 3. The first-order valence-electron chi connectivity index (χ1n) is 21.1. The van der Waals surface area contributed by atoms with Gasteiger partial charge in [-0.05, 0) is 107 Å². The maximum atomic E-state index is 5.33. The molecule has 2 heterocycles. The molecule has 4 heteroatoms. The second kappa shape index (κ2) is 13.7. The zero-order valence-electron chi connectivity index (χ0n) is 33.5. The van der Waals surface area contributed by atoms with Crippen LogP contribution in [-0.2, 0) is 5.41 Å². The van der Waals surface area contributed by atoms with Crippen LogP contribution in [0.15, 0.2) is 222 Å². The Hall–Kier alpha value is -7.66. The SMILES string of the molecule is c1ccc(-c2nc(-c3cccc(-c4ccc5c6ccccc6c6ccccc6c5c4)c3)nc(-c3ccc4c(c3)C3(c5ccccc5S4)c4ccccc4-c4ccccc43)n2)cc1. The molecule has 1 spiro atoms. The maximum Gasteiger partial charge on any atom is 0.164 e. The van der Waals surface area contributed by atoms with Crippen LogP contribution < -0.4 is 0 Å². The molecule has 1 aromatic heterocycles. The number of benzene rings is 10. The van der Waals surface area contributed by atoms with E-state index >= 15 is 0 Å². The molecule has 1 aliphatic carbocycles. The van der Waals surface area contributed by atoms with Crippen molar-refractivity contribution < 1.29 is 0 Å². The lowest BCUT2D eigenvalue weighted by Gasteiger charge is -2.39. The number of rotatable bonds is 4. The molecule has 62 heavy (non-hydrogen) atoms. The van der Waals surface area contributed by atoms with Crippen LogP contribution in [0.2, 0.25) is 0 Å². The van der Waals surface area contributed by atoms with E-state index in [-0.39, 0.29) is 0 Å². The second-order valence-electron chi connectivity index (χ2n) is 16.3. The van der Waals surface area contributed by atoms with E-state index in [0.29, 0.717) is 17.5 Å². The molecule has 0 N–H and O–H groups in total. The van der Waals surface area contributed by atoms with Gasteiger partial charge in [0.2, 0.25) is 0 Å². The third-order valence-corrected chi connectivity index (χ3v) is 14.1. The fourth-order valence-electron chi connectivity index (χ4n) is 10.3. The number of fused-ring (bicyclic) bond motifs is 15. The molecule has 0 fully saturated rings. The third-order valence-electron chi connectivity index (χ3n) is 13.0. The predicted molar refractivity (Wildman–Crippen MR) is 256 cm³/mol. The van der Waals surface area contributed by atoms with Crippen molar-refractivity contribution in [3.05, 3.63) is 235 Å². The molecule has 0 saturated carbocycles. The summed E-state index contributed by atoms with van der Waals surface area (Å²) in [7, 11) is 0. The van der Waals surface area contributed by atoms with Crippen LogP contribution in [0.25, 0.3) is 88.7 Å². The molecule has 0 radical (unpaired) electrons. The summed E-state index contributed by atoms with van der Waals surface area (Å²) in [5, 5.41) is 7.57. The molecule has 0 atom stereocenters. The first-order chi connectivity index (χ1) is 30.7. The van der Waals surface area contributed by atoms with Crippen LogP contribution in [0.1, 0.15) is 22.3 Å². The Morgan fingerprint density at radius 1 is 0.274 bits per heavy atom. The third kappa shape index (κ3) is 5.17. The number of hydrogen-bond acceptors (Lipinski definition) is 4. The summed E-state index contributed by atoms with van der Waals surface area (Å²) >= 11 is 1.84. The van der Waals surface area contributed by atoms with Crippen LogP contribution in [0, 0.1) is 0 Å². The molecule has 0 unspecified atom stereocenters. The van der Waals surface area contributed by atoms with Crippen molar-refractivity contribution in [1.29, 1.82) is 0 Å². The van der Waals surface area contributed by atoms with Crippen molar-refractivity contribution in [3.8, 4) is 56.4 Å². The summed E-state index contributed by atoms with van der Waals surface area (Å²) in [5.74, 6) is 1.92. The van der Waals surface area contributed by atoms with Gasteiger partial charge in [-0.25, -0.2) is 15.0 Å². The molecule has 0 bridgehead atoms. The first-order valence-corrected chi connectivity index (χ1v) is 21.9. The van der Waals surface area contributed by atoms with Gasteiger partial charge in [-0.3, -0.25) is 0 Å². The summed E-state index contributed by atoms with van der Waals surface area (Å²) in [6.45, 7) is 0. The Kier molecular flexibility index (Phi) is 7.75. The average molecular weight is 806 g/mol. The summed E-state index contributed by atoms with van der Waals surface area (Å²) < 4.78 is 0. The molecule has 3 nitrogen and oxygen atoms in total. The number of hydrogen-bond donors (Lipinski definition) is 0. The van der Waals surface area contributed by atoms with Gasteiger partial charge in [0.05, 0.1) is 5.41 Å². The molecule has 10 aromatic carbocycles. The van der Waals surface area contributed by atoms with Gasteiger partial charge in [0, 0.05) is 26.5 Å². The van der Waals surface area contributed by atoms with E-state index in [1.807, 2.05) is 30.0 Å². The molecule has 1 aliphatic heterocycles. The number of nitrogens with zero attached hydrogens (tertiary/aromatic N) is 3. The normalized spacial score (nSPS) is 13.2. The average Bonchev–Trinajstić information content (AvgIpc) is 3.64. The van der Waals surface area contributed by atoms with E-state index < -0.39 is 5.41 Å². The molecular weight excluding hydrogens is 771 g/mol.